The Balaban J connectivity index is 2.13. The van der Waals surface area contributed by atoms with Crippen LogP contribution in [0.2, 0.25) is 0 Å². The van der Waals surface area contributed by atoms with Crippen LogP contribution in [-0.2, 0) is 20.7 Å². The zero-order valence-electron chi connectivity index (χ0n) is 14.6. The Bertz CT molecular complexity index is 668. The Morgan fingerprint density at radius 3 is 2.60 bits per heavy atom. The van der Waals surface area contributed by atoms with Crippen LogP contribution in [0.3, 0.4) is 0 Å². The minimum absolute atomic E-state index is 0.0552. The second-order valence-corrected chi connectivity index (χ2v) is 6.81. The molecule has 1 aliphatic heterocycles. The summed E-state index contributed by atoms with van der Waals surface area (Å²) in [6, 6.07) is 7.17. The van der Waals surface area contributed by atoms with Crippen molar-refractivity contribution >= 4 is 23.6 Å². The molecule has 1 aromatic rings. The third kappa shape index (κ3) is 4.93. The van der Waals surface area contributed by atoms with Gasteiger partial charge in [-0.15, -0.1) is 0 Å². The van der Waals surface area contributed by atoms with E-state index in [1.807, 2.05) is 12.1 Å². The lowest BCUT2D eigenvalue weighted by Crippen LogP contribution is -2.36. The van der Waals surface area contributed by atoms with E-state index in [2.05, 4.69) is 0 Å². The molecule has 1 fully saturated rings. The first-order chi connectivity index (χ1) is 11.7. The van der Waals surface area contributed by atoms with Crippen LogP contribution in [0.1, 0.15) is 32.8 Å². The van der Waals surface area contributed by atoms with Gasteiger partial charge in [-0.25, -0.2) is 10.3 Å². The molecule has 136 valence electrons. The van der Waals surface area contributed by atoms with Crippen molar-refractivity contribution in [3.8, 4) is 0 Å². The second-order valence-electron chi connectivity index (χ2n) is 6.81. The molecule has 2 N–H and O–H groups in total. The van der Waals surface area contributed by atoms with Gasteiger partial charge in [-0.05, 0) is 38.8 Å². The molecule has 8 heteroatoms. The van der Waals surface area contributed by atoms with Crippen molar-refractivity contribution in [2.75, 3.05) is 18.1 Å². The van der Waals surface area contributed by atoms with Crippen LogP contribution < -0.4 is 10.4 Å². The minimum Gasteiger partial charge on any atom is -0.444 e. The smallest absolute Gasteiger partial charge is 0.412 e. The van der Waals surface area contributed by atoms with Crippen molar-refractivity contribution in [3.63, 3.8) is 0 Å². The molecular formula is C17H23N3O5. The number of anilines is 1. The molecule has 0 aromatic heterocycles. The number of hydrogen-bond acceptors (Lipinski definition) is 5. The zero-order chi connectivity index (χ0) is 18.6. The van der Waals surface area contributed by atoms with Gasteiger partial charge in [-0.3, -0.25) is 24.6 Å². The quantitative estimate of drug-likeness (QED) is 0.636. The van der Waals surface area contributed by atoms with Crippen LogP contribution in [0, 0.1) is 0 Å². The molecule has 8 nitrogen and oxygen atoms in total. The number of carbonyl (C=O) groups is 3. The fraction of sp³-hybridized carbons (Fsp3) is 0.471. The van der Waals surface area contributed by atoms with Gasteiger partial charge in [0, 0.05) is 12.1 Å². The number of hydroxylamine groups is 1. The highest BCUT2D eigenvalue weighted by Crippen LogP contribution is 2.26. The summed E-state index contributed by atoms with van der Waals surface area (Å²) >= 11 is 0. The van der Waals surface area contributed by atoms with Crippen LogP contribution in [0.25, 0.3) is 0 Å². The molecule has 0 unspecified atom stereocenters. The topological polar surface area (TPSA) is 99.2 Å². The highest BCUT2D eigenvalue weighted by molar-refractivity contribution is 5.99. The minimum atomic E-state index is -0.636. The lowest BCUT2D eigenvalue weighted by atomic mass is 10.1. The van der Waals surface area contributed by atoms with Gasteiger partial charge in [0.25, 0.3) is 0 Å². The summed E-state index contributed by atoms with van der Waals surface area (Å²) in [5.74, 6) is -0.720. The van der Waals surface area contributed by atoms with Crippen LogP contribution in [0.15, 0.2) is 24.3 Å². The highest BCUT2D eigenvalue weighted by Gasteiger charge is 2.35. The van der Waals surface area contributed by atoms with Gasteiger partial charge in [0.05, 0.1) is 0 Å². The maximum absolute atomic E-state index is 12.4. The van der Waals surface area contributed by atoms with Gasteiger partial charge in [-0.1, -0.05) is 18.2 Å². The molecule has 3 amide bonds. The van der Waals surface area contributed by atoms with Crippen molar-refractivity contribution in [1.29, 1.82) is 0 Å². The van der Waals surface area contributed by atoms with Crippen molar-refractivity contribution < 1.29 is 24.3 Å². The highest BCUT2D eigenvalue weighted by atomic mass is 16.6. The van der Waals surface area contributed by atoms with Crippen LogP contribution in [0.5, 0.6) is 0 Å². The predicted molar refractivity (Wildman–Crippen MR) is 90.0 cm³/mol. The Morgan fingerprint density at radius 1 is 1.28 bits per heavy atom. The first-order valence-corrected chi connectivity index (χ1v) is 8.00. The lowest BCUT2D eigenvalue weighted by molar-refractivity contribution is -0.129. The number of ether oxygens (including phenoxy) is 1. The average molecular weight is 349 g/mol. The lowest BCUT2D eigenvalue weighted by Gasteiger charge is -2.24. The number of hydrogen-bond donors (Lipinski definition) is 2. The number of rotatable bonds is 4. The molecule has 0 bridgehead atoms. The van der Waals surface area contributed by atoms with E-state index in [1.165, 1.54) is 9.80 Å². The maximum atomic E-state index is 12.4. The van der Waals surface area contributed by atoms with Crippen molar-refractivity contribution in [2.24, 2.45) is 0 Å². The first-order valence-electron chi connectivity index (χ1n) is 8.00. The largest absolute Gasteiger partial charge is 0.444 e. The molecule has 1 aromatic carbocycles. The number of nitrogens with zero attached hydrogens (tertiary/aromatic N) is 2. The first kappa shape index (κ1) is 18.7. The van der Waals surface area contributed by atoms with Gasteiger partial charge in [-0.2, -0.15) is 0 Å². The SMILES string of the molecule is CC(C)(C)OC(=O)N1CC(=O)N(c2ccccc2CCC(=O)NO)C1. The number of benzene rings is 1. The number of para-hydroxylation sites is 1. The van der Waals surface area contributed by atoms with E-state index >= 15 is 0 Å². The molecule has 0 radical (unpaired) electrons. The zero-order valence-corrected chi connectivity index (χ0v) is 14.6. The van der Waals surface area contributed by atoms with E-state index in [0.717, 1.165) is 5.56 Å². The van der Waals surface area contributed by atoms with E-state index in [-0.39, 0.29) is 25.5 Å². The predicted octanol–water partition coefficient (Wildman–Crippen LogP) is 1.67. The summed E-state index contributed by atoms with van der Waals surface area (Å²) in [5.41, 5.74) is 2.38. The van der Waals surface area contributed by atoms with Crippen molar-refractivity contribution in [2.45, 2.75) is 39.2 Å². The Kier molecular flexibility index (Phi) is 5.63. The van der Waals surface area contributed by atoms with Crippen LogP contribution in [0.4, 0.5) is 10.5 Å². The summed E-state index contributed by atoms with van der Waals surface area (Å²) in [6.07, 6.45) is -0.0927. The number of aryl methyl sites for hydroxylation is 1. The monoisotopic (exact) mass is 349 g/mol. The molecule has 0 atom stereocenters. The average Bonchev–Trinajstić information content (AvgIpc) is 2.93. The molecule has 2 rings (SSSR count). The summed E-state index contributed by atoms with van der Waals surface area (Å²) in [4.78, 5) is 38.6. The Morgan fingerprint density at radius 2 is 1.96 bits per heavy atom. The standard InChI is InChI=1S/C17H23N3O5/c1-17(2,3)25-16(23)19-10-15(22)20(11-19)13-7-5-4-6-12(13)8-9-14(21)18-24/h4-7,24H,8-11H2,1-3H3,(H,18,21). The van der Waals surface area contributed by atoms with Gasteiger partial charge in [0.15, 0.2) is 0 Å². The van der Waals surface area contributed by atoms with E-state index in [9.17, 15) is 14.4 Å². The summed E-state index contributed by atoms with van der Waals surface area (Å²) in [6.45, 7) is 5.34. The molecule has 25 heavy (non-hydrogen) atoms. The molecule has 1 saturated heterocycles. The van der Waals surface area contributed by atoms with E-state index in [0.29, 0.717) is 12.1 Å². The second kappa shape index (κ2) is 7.52. The van der Waals surface area contributed by atoms with E-state index in [1.54, 1.807) is 38.4 Å². The van der Waals surface area contributed by atoms with Gasteiger partial charge in [0.2, 0.25) is 11.8 Å². The third-order valence-corrected chi connectivity index (χ3v) is 3.62. The number of amides is 3. The number of nitrogens with one attached hydrogen (secondary N) is 1. The Hall–Kier alpha value is -2.61. The molecule has 1 aliphatic rings. The molecule has 1 heterocycles. The molecule has 0 spiro atoms. The Labute approximate surface area is 146 Å². The van der Waals surface area contributed by atoms with E-state index in [4.69, 9.17) is 9.94 Å². The van der Waals surface area contributed by atoms with Gasteiger partial charge >= 0.3 is 6.09 Å². The normalized spacial score (nSPS) is 14.6. The summed E-state index contributed by atoms with van der Waals surface area (Å²) in [5, 5.41) is 8.60. The third-order valence-electron chi connectivity index (χ3n) is 3.62. The molecule has 0 saturated carbocycles. The number of carbonyl (C=O) groups excluding carboxylic acids is 3. The maximum Gasteiger partial charge on any atom is 0.412 e. The van der Waals surface area contributed by atoms with Crippen molar-refractivity contribution in [1.82, 2.24) is 10.4 Å². The fourth-order valence-corrected chi connectivity index (χ4v) is 2.50. The van der Waals surface area contributed by atoms with Gasteiger partial charge in [0.1, 0.15) is 18.8 Å². The summed E-state index contributed by atoms with van der Waals surface area (Å²) in [7, 11) is 0. The van der Waals surface area contributed by atoms with E-state index < -0.39 is 17.6 Å². The molecular weight excluding hydrogens is 326 g/mol. The molecule has 0 aliphatic carbocycles. The van der Waals surface area contributed by atoms with Crippen molar-refractivity contribution in [3.05, 3.63) is 29.8 Å². The summed E-state index contributed by atoms with van der Waals surface area (Å²) < 4.78 is 5.31. The van der Waals surface area contributed by atoms with Crippen LogP contribution in [-0.4, -0.2) is 46.8 Å². The fourth-order valence-electron chi connectivity index (χ4n) is 2.50. The van der Waals surface area contributed by atoms with Crippen LogP contribution >= 0.6 is 0 Å². The van der Waals surface area contributed by atoms with Gasteiger partial charge < -0.3 is 4.74 Å².